The zero-order chi connectivity index (χ0) is 30.7. The number of nitrogens with zero attached hydrogens (tertiary/aromatic N) is 6. The van der Waals surface area contributed by atoms with E-state index in [1.54, 1.807) is 20.0 Å². The molecule has 0 saturated heterocycles. The average Bonchev–Trinajstić information content (AvgIpc) is 3.27. The van der Waals surface area contributed by atoms with Crippen LogP contribution in [0.3, 0.4) is 0 Å². The molecule has 14 nitrogen and oxygen atoms in total. The minimum atomic E-state index is -4.40. The van der Waals surface area contributed by atoms with Crippen molar-refractivity contribution in [2.75, 3.05) is 17.7 Å². The molecule has 0 atom stereocenters. The molecular weight excluding hydrogens is 605 g/mol. The molecule has 0 unspecified atom stereocenters. The maximum absolute atomic E-state index is 11.5. The lowest BCUT2D eigenvalue weighted by molar-refractivity contribution is 0.481. The fraction of sp³-hybridized carbons (Fsp3) is 0.120. The van der Waals surface area contributed by atoms with Crippen molar-refractivity contribution in [3.63, 3.8) is 0 Å². The maximum atomic E-state index is 11.5. The number of aromatic nitrogens is 1. The van der Waals surface area contributed by atoms with Crippen LogP contribution < -0.4 is 10.6 Å². The molecule has 4 N–H and O–H groups in total. The number of rotatable bonds is 9. The molecule has 0 amide bonds. The van der Waals surface area contributed by atoms with Gasteiger partial charge in [-0.15, -0.1) is 15.3 Å². The second kappa shape index (κ2) is 12.1. The van der Waals surface area contributed by atoms with E-state index in [0.29, 0.717) is 26.9 Å². The molecule has 0 aliphatic carbocycles. The predicted molar refractivity (Wildman–Crippen MR) is 156 cm³/mol. The SMILES string of the molecule is CN=Nc1sc(N=Nc2c(Nc3ccc(S(=O)(=O)O)cc3)nc(Nc3ccc(S(=O)(=O)O)cc3)c(C#N)c2C)cc1C. The lowest BCUT2D eigenvalue weighted by Crippen LogP contribution is -2.05. The molecule has 2 heterocycles. The maximum Gasteiger partial charge on any atom is 0.294 e. The van der Waals surface area contributed by atoms with E-state index in [1.165, 1.54) is 59.9 Å². The number of thiophene rings is 1. The molecule has 0 bridgehead atoms. The van der Waals surface area contributed by atoms with Gasteiger partial charge in [0.15, 0.2) is 11.6 Å². The molecule has 2 aromatic heterocycles. The summed E-state index contributed by atoms with van der Waals surface area (Å²) in [4.78, 5) is 3.92. The molecule has 0 fully saturated rings. The van der Waals surface area contributed by atoms with Gasteiger partial charge >= 0.3 is 0 Å². The van der Waals surface area contributed by atoms with Crippen LogP contribution in [0.15, 0.2) is 84.8 Å². The first-order chi connectivity index (χ1) is 19.8. The monoisotopic (exact) mass is 626 g/mol. The Labute approximate surface area is 245 Å². The second-order valence-electron chi connectivity index (χ2n) is 8.59. The van der Waals surface area contributed by atoms with Gasteiger partial charge in [-0.25, -0.2) is 4.98 Å². The first-order valence-corrected chi connectivity index (χ1v) is 15.5. The van der Waals surface area contributed by atoms with E-state index in [0.717, 1.165) is 5.56 Å². The van der Waals surface area contributed by atoms with E-state index in [-0.39, 0.29) is 32.7 Å². The smallest absolute Gasteiger partial charge is 0.294 e. The van der Waals surface area contributed by atoms with Crippen LogP contribution in [0.2, 0.25) is 0 Å². The minimum Gasteiger partial charge on any atom is -0.339 e. The van der Waals surface area contributed by atoms with Gasteiger partial charge in [0, 0.05) is 24.0 Å². The lowest BCUT2D eigenvalue weighted by atomic mass is 10.1. The van der Waals surface area contributed by atoms with Crippen LogP contribution in [0.4, 0.5) is 38.7 Å². The largest absolute Gasteiger partial charge is 0.339 e. The molecule has 4 aromatic rings. The number of benzene rings is 2. The average molecular weight is 627 g/mol. The van der Waals surface area contributed by atoms with Crippen molar-refractivity contribution in [2.45, 2.75) is 23.6 Å². The van der Waals surface area contributed by atoms with Crippen molar-refractivity contribution < 1.29 is 25.9 Å². The lowest BCUT2D eigenvalue weighted by Gasteiger charge is -2.16. The van der Waals surface area contributed by atoms with Crippen molar-refractivity contribution in [3.05, 3.63) is 71.3 Å². The van der Waals surface area contributed by atoms with Gasteiger partial charge < -0.3 is 10.6 Å². The third kappa shape index (κ3) is 6.99. The summed E-state index contributed by atoms with van der Waals surface area (Å²) in [6, 6.07) is 14.2. The minimum absolute atomic E-state index is 0.100. The van der Waals surface area contributed by atoms with Crippen LogP contribution in [0, 0.1) is 25.2 Å². The van der Waals surface area contributed by atoms with Gasteiger partial charge in [-0.3, -0.25) is 9.11 Å². The number of nitriles is 1. The van der Waals surface area contributed by atoms with Crippen molar-refractivity contribution in [1.82, 2.24) is 4.98 Å². The zero-order valence-corrected chi connectivity index (χ0v) is 24.6. The summed E-state index contributed by atoms with van der Waals surface area (Å²) in [5.74, 6) is 0.247. The first kappa shape index (κ1) is 30.4. The van der Waals surface area contributed by atoms with Crippen LogP contribution >= 0.6 is 11.3 Å². The standard InChI is InChI=1S/C25H22N8O6S3/c1-14-12-21(40-25(14)33-27-3)31-32-22-15(2)20(13-26)23(28-16-4-8-18(9-5-16)41(34,35)36)30-24(22)29-17-6-10-19(11-7-17)42(37,38)39/h4-12H,1-3H3,(H2,28,29,30)(H,34,35,36)(H,37,38,39). The highest BCUT2D eigenvalue weighted by Crippen LogP contribution is 2.40. The molecule has 0 spiro atoms. The highest BCUT2D eigenvalue weighted by Gasteiger charge is 2.19. The Morgan fingerprint density at radius 3 is 1.83 bits per heavy atom. The molecule has 0 saturated carbocycles. The molecular formula is C25H22N8O6S3. The van der Waals surface area contributed by atoms with E-state index in [1.807, 2.05) is 6.92 Å². The van der Waals surface area contributed by atoms with E-state index in [2.05, 4.69) is 42.1 Å². The Morgan fingerprint density at radius 2 is 1.36 bits per heavy atom. The number of aryl methyl sites for hydroxylation is 1. The van der Waals surface area contributed by atoms with Crippen LogP contribution in [0.5, 0.6) is 0 Å². The third-order valence-corrected chi connectivity index (χ3v) is 8.42. The fourth-order valence-corrected chi connectivity index (χ4v) is 5.44. The molecule has 0 radical (unpaired) electrons. The second-order valence-corrected chi connectivity index (χ2v) is 12.4. The summed E-state index contributed by atoms with van der Waals surface area (Å²) >= 11 is 1.26. The Morgan fingerprint density at radius 1 is 0.833 bits per heavy atom. The van der Waals surface area contributed by atoms with Gasteiger partial charge in [-0.05, 0) is 74.0 Å². The Kier molecular flexibility index (Phi) is 8.75. The molecule has 4 rings (SSSR count). The first-order valence-electron chi connectivity index (χ1n) is 11.8. The van der Waals surface area contributed by atoms with Gasteiger partial charge in [0.05, 0.1) is 15.4 Å². The summed E-state index contributed by atoms with van der Waals surface area (Å²) < 4.78 is 64.2. The van der Waals surface area contributed by atoms with E-state index < -0.39 is 20.2 Å². The van der Waals surface area contributed by atoms with Crippen LogP contribution in [-0.4, -0.2) is 38.0 Å². The van der Waals surface area contributed by atoms with Gasteiger partial charge in [-0.2, -0.15) is 27.2 Å². The molecule has 2 aromatic carbocycles. The van der Waals surface area contributed by atoms with Gasteiger partial charge in [-0.1, -0.05) is 11.3 Å². The van der Waals surface area contributed by atoms with Crippen molar-refractivity contribution in [2.24, 2.45) is 20.5 Å². The van der Waals surface area contributed by atoms with Crippen LogP contribution in [-0.2, 0) is 20.2 Å². The van der Waals surface area contributed by atoms with Gasteiger partial charge in [0.1, 0.15) is 21.8 Å². The zero-order valence-electron chi connectivity index (χ0n) is 22.1. The summed E-state index contributed by atoms with van der Waals surface area (Å²) in [6.45, 7) is 3.50. The van der Waals surface area contributed by atoms with Gasteiger partial charge in [0.2, 0.25) is 0 Å². The number of hydrogen-bond acceptors (Lipinski definition) is 13. The number of anilines is 4. The quantitative estimate of drug-likeness (QED) is 0.113. The number of pyridine rings is 1. The fourth-order valence-electron chi connectivity index (χ4n) is 3.62. The van der Waals surface area contributed by atoms with E-state index in [9.17, 15) is 31.2 Å². The highest BCUT2D eigenvalue weighted by atomic mass is 32.2. The van der Waals surface area contributed by atoms with Crippen LogP contribution in [0.1, 0.15) is 16.7 Å². The Hall–Kier alpha value is -4.60. The highest BCUT2D eigenvalue weighted by molar-refractivity contribution is 7.86. The number of nitrogens with one attached hydrogen (secondary N) is 2. The predicted octanol–water partition coefficient (Wildman–Crippen LogP) is 6.74. The number of azo groups is 2. The summed E-state index contributed by atoms with van der Waals surface area (Å²) in [7, 11) is -7.25. The van der Waals surface area contributed by atoms with E-state index >= 15 is 0 Å². The normalized spacial score (nSPS) is 12.1. The van der Waals surface area contributed by atoms with Crippen molar-refractivity contribution in [3.8, 4) is 6.07 Å². The molecule has 42 heavy (non-hydrogen) atoms. The van der Waals surface area contributed by atoms with Crippen LogP contribution in [0.25, 0.3) is 0 Å². The van der Waals surface area contributed by atoms with Gasteiger partial charge in [0.25, 0.3) is 20.2 Å². The summed E-state index contributed by atoms with van der Waals surface area (Å²) in [6.07, 6.45) is 0. The van der Waals surface area contributed by atoms with Crippen molar-refractivity contribution >= 4 is 70.3 Å². The Bertz CT molecular complexity index is 1960. The molecule has 216 valence electrons. The topological polar surface area (TPSA) is 219 Å². The van der Waals surface area contributed by atoms with Crippen molar-refractivity contribution in [1.29, 1.82) is 5.26 Å². The molecule has 0 aliphatic heterocycles. The van der Waals surface area contributed by atoms with E-state index in [4.69, 9.17) is 0 Å². The molecule has 17 heteroatoms. The number of hydrogen-bond donors (Lipinski definition) is 4. The Balaban J connectivity index is 1.80. The summed E-state index contributed by atoms with van der Waals surface area (Å²) in [5, 5.41) is 33.7. The summed E-state index contributed by atoms with van der Waals surface area (Å²) in [5.41, 5.74) is 2.34. The third-order valence-electron chi connectivity index (χ3n) is 5.67. The molecule has 0 aliphatic rings.